The highest BCUT2D eigenvalue weighted by Gasteiger charge is 2.23. The molecule has 4 aromatic rings. The van der Waals surface area contributed by atoms with Gasteiger partial charge in [0.25, 0.3) is 0 Å². The lowest BCUT2D eigenvalue weighted by Gasteiger charge is -2.19. The summed E-state index contributed by atoms with van der Waals surface area (Å²) < 4.78 is 2.07. The van der Waals surface area contributed by atoms with Crippen molar-refractivity contribution in [3.63, 3.8) is 0 Å². The molecule has 0 spiro atoms. The molecular formula is C24H23N3O. The van der Waals surface area contributed by atoms with Gasteiger partial charge in [0.15, 0.2) is 0 Å². The fourth-order valence-electron chi connectivity index (χ4n) is 3.60. The number of carbonyl (C=O) groups excluding carboxylic acids is 1. The fraction of sp³-hybridized carbons (Fsp3) is 0.167. The molecule has 0 saturated heterocycles. The number of anilines is 1. The van der Waals surface area contributed by atoms with Crippen molar-refractivity contribution in [2.24, 2.45) is 0 Å². The standard InChI is InChI=1S/C24H23N3O/c1-17-10-12-19(13-11-17)26-24(28)15-21(20-8-4-3-7-18(20)2)22-16-25-23-9-5-6-14-27(22)23/h3-14,16,21H,15H2,1-2H3,(H,26,28). The molecule has 4 nitrogen and oxygen atoms in total. The first kappa shape index (κ1) is 18.0. The average molecular weight is 369 g/mol. The summed E-state index contributed by atoms with van der Waals surface area (Å²) in [5.41, 5.74) is 6.20. The highest BCUT2D eigenvalue weighted by molar-refractivity contribution is 5.91. The van der Waals surface area contributed by atoms with E-state index in [0.29, 0.717) is 6.42 Å². The largest absolute Gasteiger partial charge is 0.326 e. The maximum Gasteiger partial charge on any atom is 0.225 e. The first-order valence-corrected chi connectivity index (χ1v) is 9.46. The van der Waals surface area contributed by atoms with Crippen LogP contribution < -0.4 is 5.32 Å². The lowest BCUT2D eigenvalue weighted by atomic mass is 9.89. The summed E-state index contributed by atoms with van der Waals surface area (Å²) in [7, 11) is 0. The topological polar surface area (TPSA) is 46.4 Å². The van der Waals surface area contributed by atoms with Gasteiger partial charge in [-0.3, -0.25) is 4.79 Å². The summed E-state index contributed by atoms with van der Waals surface area (Å²) in [6.45, 7) is 4.12. The summed E-state index contributed by atoms with van der Waals surface area (Å²) >= 11 is 0. The summed E-state index contributed by atoms with van der Waals surface area (Å²) in [5, 5.41) is 3.03. The predicted octanol–water partition coefficient (Wildman–Crippen LogP) is 5.11. The molecule has 140 valence electrons. The molecule has 0 aliphatic heterocycles. The number of hydrogen-bond donors (Lipinski definition) is 1. The molecule has 0 saturated carbocycles. The van der Waals surface area contributed by atoms with E-state index in [1.54, 1.807) is 0 Å². The van der Waals surface area contributed by atoms with Crippen molar-refractivity contribution in [3.05, 3.63) is 102 Å². The molecule has 28 heavy (non-hydrogen) atoms. The van der Waals surface area contributed by atoms with E-state index in [9.17, 15) is 4.79 Å². The van der Waals surface area contributed by atoms with Crippen LogP contribution in [0.25, 0.3) is 5.65 Å². The highest BCUT2D eigenvalue weighted by Crippen LogP contribution is 2.31. The summed E-state index contributed by atoms with van der Waals surface area (Å²) in [6.07, 6.45) is 4.23. The normalized spacial score (nSPS) is 12.1. The Morgan fingerprint density at radius 3 is 2.54 bits per heavy atom. The number of rotatable bonds is 5. The molecular weight excluding hydrogens is 346 g/mol. The zero-order valence-electron chi connectivity index (χ0n) is 16.1. The Labute approximate surface area is 164 Å². The molecule has 0 aliphatic carbocycles. The number of pyridine rings is 1. The second kappa shape index (κ2) is 7.69. The Hall–Kier alpha value is -3.40. The number of nitrogens with one attached hydrogen (secondary N) is 1. The third-order valence-corrected chi connectivity index (χ3v) is 5.09. The number of aromatic nitrogens is 2. The molecule has 1 N–H and O–H groups in total. The van der Waals surface area contributed by atoms with Crippen molar-refractivity contribution < 1.29 is 4.79 Å². The molecule has 0 fully saturated rings. The minimum atomic E-state index is -0.0796. The van der Waals surface area contributed by atoms with Crippen LogP contribution in [0.4, 0.5) is 5.69 Å². The van der Waals surface area contributed by atoms with Gasteiger partial charge in [0, 0.05) is 30.4 Å². The van der Waals surface area contributed by atoms with Crippen LogP contribution in [0.3, 0.4) is 0 Å². The van der Waals surface area contributed by atoms with E-state index >= 15 is 0 Å². The number of carbonyl (C=O) groups is 1. The molecule has 2 aromatic heterocycles. The van der Waals surface area contributed by atoms with E-state index in [1.807, 2.05) is 73.9 Å². The number of nitrogens with zero attached hydrogens (tertiary/aromatic N) is 2. The number of hydrogen-bond acceptors (Lipinski definition) is 2. The van der Waals surface area contributed by atoms with Crippen LogP contribution in [-0.4, -0.2) is 15.3 Å². The van der Waals surface area contributed by atoms with E-state index in [2.05, 4.69) is 33.8 Å². The fourth-order valence-corrected chi connectivity index (χ4v) is 3.60. The molecule has 1 atom stereocenters. The molecule has 1 unspecified atom stereocenters. The minimum absolute atomic E-state index is 0.0111. The van der Waals surface area contributed by atoms with Gasteiger partial charge in [-0.25, -0.2) is 4.98 Å². The van der Waals surface area contributed by atoms with Crippen molar-refractivity contribution in [1.29, 1.82) is 0 Å². The van der Waals surface area contributed by atoms with Gasteiger partial charge in [-0.05, 0) is 49.2 Å². The first-order chi connectivity index (χ1) is 13.6. The zero-order valence-corrected chi connectivity index (χ0v) is 16.1. The Kier molecular flexibility index (Phi) is 4.94. The van der Waals surface area contributed by atoms with Crippen LogP contribution in [-0.2, 0) is 4.79 Å². The van der Waals surface area contributed by atoms with Gasteiger partial charge in [-0.15, -0.1) is 0 Å². The first-order valence-electron chi connectivity index (χ1n) is 9.46. The SMILES string of the molecule is Cc1ccc(NC(=O)CC(c2ccccc2C)c2cnc3ccccn23)cc1. The van der Waals surface area contributed by atoms with Crippen molar-refractivity contribution >= 4 is 17.2 Å². The lowest BCUT2D eigenvalue weighted by Crippen LogP contribution is -2.18. The summed E-state index contributed by atoms with van der Waals surface area (Å²) in [4.78, 5) is 17.4. The van der Waals surface area contributed by atoms with Crippen molar-refractivity contribution in [1.82, 2.24) is 9.38 Å². The van der Waals surface area contributed by atoms with Crippen LogP contribution in [0, 0.1) is 13.8 Å². The Balaban J connectivity index is 1.68. The number of amides is 1. The maximum absolute atomic E-state index is 12.9. The van der Waals surface area contributed by atoms with Crippen LogP contribution in [0.15, 0.2) is 79.1 Å². The molecule has 0 bridgehead atoms. The molecule has 2 aromatic carbocycles. The second-order valence-corrected chi connectivity index (χ2v) is 7.14. The Morgan fingerprint density at radius 2 is 1.75 bits per heavy atom. The monoisotopic (exact) mass is 369 g/mol. The van der Waals surface area contributed by atoms with Gasteiger partial charge < -0.3 is 9.72 Å². The number of imidazole rings is 1. The van der Waals surface area contributed by atoms with E-state index in [0.717, 1.165) is 22.6 Å². The highest BCUT2D eigenvalue weighted by atomic mass is 16.1. The maximum atomic E-state index is 12.9. The van der Waals surface area contributed by atoms with E-state index in [-0.39, 0.29) is 11.8 Å². The molecule has 1 amide bonds. The van der Waals surface area contributed by atoms with Crippen LogP contribution in [0.2, 0.25) is 0 Å². The molecule has 2 heterocycles. The lowest BCUT2D eigenvalue weighted by molar-refractivity contribution is -0.116. The smallest absolute Gasteiger partial charge is 0.225 e. The van der Waals surface area contributed by atoms with E-state index in [1.165, 1.54) is 11.1 Å². The Bertz CT molecular complexity index is 1110. The van der Waals surface area contributed by atoms with Gasteiger partial charge in [-0.2, -0.15) is 0 Å². The summed E-state index contributed by atoms with van der Waals surface area (Å²) in [5.74, 6) is -0.0907. The van der Waals surface area contributed by atoms with Crippen LogP contribution >= 0.6 is 0 Å². The van der Waals surface area contributed by atoms with Crippen molar-refractivity contribution in [2.45, 2.75) is 26.2 Å². The van der Waals surface area contributed by atoms with Gasteiger partial charge >= 0.3 is 0 Å². The van der Waals surface area contributed by atoms with E-state index in [4.69, 9.17) is 0 Å². The van der Waals surface area contributed by atoms with Gasteiger partial charge in [0.1, 0.15) is 5.65 Å². The zero-order chi connectivity index (χ0) is 19.5. The average Bonchev–Trinajstić information content (AvgIpc) is 3.13. The van der Waals surface area contributed by atoms with Crippen molar-refractivity contribution in [2.75, 3.05) is 5.32 Å². The summed E-state index contributed by atoms with van der Waals surface area (Å²) in [6, 6.07) is 22.0. The third kappa shape index (κ3) is 3.67. The number of fused-ring (bicyclic) bond motifs is 1. The molecule has 4 heteroatoms. The second-order valence-electron chi connectivity index (χ2n) is 7.14. The predicted molar refractivity (Wildman–Crippen MR) is 113 cm³/mol. The van der Waals surface area contributed by atoms with Gasteiger partial charge in [-0.1, -0.05) is 48.0 Å². The van der Waals surface area contributed by atoms with Crippen molar-refractivity contribution in [3.8, 4) is 0 Å². The quantitative estimate of drug-likeness (QED) is 0.531. The Morgan fingerprint density at radius 1 is 1.00 bits per heavy atom. The van der Waals surface area contributed by atoms with Crippen LogP contribution in [0.5, 0.6) is 0 Å². The number of benzene rings is 2. The third-order valence-electron chi connectivity index (χ3n) is 5.09. The number of aryl methyl sites for hydroxylation is 2. The van der Waals surface area contributed by atoms with Gasteiger partial charge in [0.2, 0.25) is 5.91 Å². The van der Waals surface area contributed by atoms with Gasteiger partial charge in [0.05, 0.1) is 5.69 Å². The molecule has 0 aliphatic rings. The molecule has 4 rings (SSSR count). The minimum Gasteiger partial charge on any atom is -0.326 e. The van der Waals surface area contributed by atoms with E-state index < -0.39 is 0 Å². The van der Waals surface area contributed by atoms with Crippen LogP contribution in [0.1, 0.15) is 34.7 Å². The molecule has 0 radical (unpaired) electrons.